The molecule has 0 radical (unpaired) electrons. The van der Waals surface area contributed by atoms with Crippen LogP contribution in [0.25, 0.3) is 12.2 Å². The van der Waals surface area contributed by atoms with E-state index in [1.807, 2.05) is 57.2 Å². The van der Waals surface area contributed by atoms with Crippen LogP contribution in [0.2, 0.25) is 0 Å². The fraction of sp³-hybridized carbons (Fsp3) is 0.367. The molecule has 1 saturated heterocycles. The van der Waals surface area contributed by atoms with Gasteiger partial charge in [-0.3, -0.25) is 0 Å². The fourth-order valence-electron chi connectivity index (χ4n) is 4.32. The number of nitrogens with one attached hydrogen (secondary N) is 1. The SMILES string of the molecule is COc1cccc(/C=C/c2cnc(Nc3ccc(S(=O)(=O)CC4CCN(C(=O)OC(C)(C)C)CC4)cc3)nc2)c1. The van der Waals surface area contributed by atoms with Gasteiger partial charge in [0.05, 0.1) is 17.8 Å². The average Bonchev–Trinajstić information content (AvgIpc) is 2.92. The normalized spacial score (nSPS) is 14.8. The molecule has 40 heavy (non-hydrogen) atoms. The molecule has 3 aromatic rings. The number of methoxy groups -OCH3 is 1. The van der Waals surface area contributed by atoms with Gasteiger partial charge in [0.2, 0.25) is 5.95 Å². The number of benzene rings is 2. The van der Waals surface area contributed by atoms with Crippen LogP contribution in [0.3, 0.4) is 0 Å². The molecule has 1 aliphatic rings. The molecule has 1 fully saturated rings. The van der Waals surface area contributed by atoms with E-state index < -0.39 is 15.4 Å². The number of rotatable bonds is 8. The van der Waals surface area contributed by atoms with Crippen molar-refractivity contribution in [1.82, 2.24) is 14.9 Å². The summed E-state index contributed by atoms with van der Waals surface area (Å²) < 4.78 is 36.8. The first-order valence-electron chi connectivity index (χ1n) is 13.2. The number of sulfone groups is 1. The van der Waals surface area contributed by atoms with Gasteiger partial charge in [-0.1, -0.05) is 24.3 Å². The lowest BCUT2D eigenvalue weighted by atomic mass is 9.99. The second-order valence-corrected chi connectivity index (χ2v) is 12.8. The van der Waals surface area contributed by atoms with Gasteiger partial charge in [0.15, 0.2) is 9.84 Å². The van der Waals surface area contributed by atoms with E-state index in [0.29, 0.717) is 37.6 Å². The minimum absolute atomic E-state index is 0.00799. The van der Waals surface area contributed by atoms with Gasteiger partial charge in [0.1, 0.15) is 11.4 Å². The van der Waals surface area contributed by atoms with Crippen LogP contribution >= 0.6 is 0 Å². The van der Waals surface area contributed by atoms with E-state index in [1.165, 1.54) is 0 Å². The van der Waals surface area contributed by atoms with Crippen molar-refractivity contribution < 1.29 is 22.7 Å². The summed E-state index contributed by atoms with van der Waals surface area (Å²) in [5, 5.41) is 3.10. The molecule has 2 aromatic carbocycles. The number of anilines is 2. The molecule has 1 aromatic heterocycles. The lowest BCUT2D eigenvalue weighted by molar-refractivity contribution is 0.0191. The minimum Gasteiger partial charge on any atom is -0.497 e. The number of likely N-dealkylation sites (tertiary alicyclic amines) is 1. The molecule has 4 rings (SSSR count). The molecule has 1 amide bonds. The standard InChI is InChI=1S/C30H36N4O5S/c1-30(2,3)39-29(35)34-16-14-23(15-17-34)21-40(36,37)27-12-10-25(11-13-27)33-28-31-19-24(20-32-28)9-8-22-6-5-7-26(18-22)38-4/h5-13,18-20,23H,14-17,21H2,1-4H3,(H,31,32,33)/b9-8+. The molecule has 9 nitrogen and oxygen atoms in total. The van der Waals surface area contributed by atoms with Crippen LogP contribution in [0.15, 0.2) is 65.8 Å². The number of hydrogen-bond acceptors (Lipinski definition) is 8. The summed E-state index contributed by atoms with van der Waals surface area (Å²) in [6.45, 7) is 6.48. The summed E-state index contributed by atoms with van der Waals surface area (Å²) in [6.07, 6.45) is 8.19. The summed E-state index contributed by atoms with van der Waals surface area (Å²) >= 11 is 0. The smallest absolute Gasteiger partial charge is 0.410 e. The number of carbonyl (C=O) groups excluding carboxylic acids is 1. The largest absolute Gasteiger partial charge is 0.497 e. The van der Waals surface area contributed by atoms with Crippen molar-refractivity contribution in [1.29, 1.82) is 0 Å². The number of ether oxygens (including phenoxy) is 2. The number of aromatic nitrogens is 2. The highest BCUT2D eigenvalue weighted by molar-refractivity contribution is 7.91. The Labute approximate surface area is 236 Å². The van der Waals surface area contributed by atoms with Crippen molar-refractivity contribution in [3.8, 4) is 5.75 Å². The highest BCUT2D eigenvalue weighted by atomic mass is 32.2. The first-order chi connectivity index (χ1) is 19.0. The van der Waals surface area contributed by atoms with Crippen molar-refractivity contribution in [2.75, 3.05) is 31.3 Å². The molecule has 1 N–H and O–H groups in total. The summed E-state index contributed by atoms with van der Waals surface area (Å²) in [4.78, 5) is 22.9. The zero-order valence-corrected chi connectivity index (χ0v) is 24.1. The molecule has 212 valence electrons. The molecule has 0 aliphatic carbocycles. The van der Waals surface area contributed by atoms with Crippen molar-refractivity contribution in [2.45, 2.75) is 44.1 Å². The Morgan fingerprint density at radius 2 is 1.68 bits per heavy atom. The van der Waals surface area contributed by atoms with Gasteiger partial charge >= 0.3 is 6.09 Å². The number of amides is 1. The number of nitrogens with zero attached hydrogens (tertiary/aromatic N) is 3. The van der Waals surface area contributed by atoms with Gasteiger partial charge in [-0.25, -0.2) is 23.2 Å². The molecular weight excluding hydrogens is 528 g/mol. The Balaban J connectivity index is 1.29. The molecule has 0 spiro atoms. The van der Waals surface area contributed by atoms with Crippen molar-refractivity contribution in [2.24, 2.45) is 5.92 Å². The Kier molecular flexibility index (Phi) is 9.09. The number of piperidine rings is 1. The van der Waals surface area contributed by atoms with E-state index in [4.69, 9.17) is 9.47 Å². The maximum atomic E-state index is 13.0. The summed E-state index contributed by atoms with van der Waals surface area (Å²) in [5.41, 5.74) is 1.97. The predicted octanol–water partition coefficient (Wildman–Crippen LogP) is 5.82. The molecule has 2 heterocycles. The van der Waals surface area contributed by atoms with E-state index in [9.17, 15) is 13.2 Å². The molecule has 10 heteroatoms. The maximum Gasteiger partial charge on any atom is 0.410 e. The van der Waals surface area contributed by atoms with Crippen molar-refractivity contribution >= 4 is 39.7 Å². The van der Waals surface area contributed by atoms with Gasteiger partial charge in [-0.15, -0.1) is 0 Å². The second-order valence-electron chi connectivity index (χ2n) is 10.8. The Bertz CT molecular complexity index is 1420. The Morgan fingerprint density at radius 3 is 2.30 bits per heavy atom. The number of carbonyl (C=O) groups is 1. The van der Waals surface area contributed by atoms with Crippen LogP contribution < -0.4 is 10.1 Å². The summed E-state index contributed by atoms with van der Waals surface area (Å²) in [5.74, 6) is 1.24. The lowest BCUT2D eigenvalue weighted by Crippen LogP contribution is -2.42. The number of hydrogen-bond donors (Lipinski definition) is 1. The van der Waals surface area contributed by atoms with Crippen LogP contribution in [0.5, 0.6) is 5.75 Å². The fourth-order valence-corrected chi connectivity index (χ4v) is 6.01. The third kappa shape index (κ3) is 8.29. The van der Waals surface area contributed by atoms with Crippen LogP contribution in [-0.2, 0) is 14.6 Å². The average molecular weight is 565 g/mol. The van der Waals surface area contributed by atoms with Gasteiger partial charge in [-0.2, -0.15) is 0 Å². The van der Waals surface area contributed by atoms with Crippen molar-refractivity contribution in [3.05, 3.63) is 72.1 Å². The van der Waals surface area contributed by atoms with Crippen LogP contribution in [0, 0.1) is 5.92 Å². The van der Waals surface area contributed by atoms with Crippen LogP contribution in [-0.4, -0.2) is 60.9 Å². The zero-order valence-electron chi connectivity index (χ0n) is 23.3. The predicted molar refractivity (Wildman–Crippen MR) is 156 cm³/mol. The molecule has 0 unspecified atom stereocenters. The Morgan fingerprint density at radius 1 is 1.02 bits per heavy atom. The Hall–Kier alpha value is -3.92. The van der Waals surface area contributed by atoms with E-state index in [2.05, 4.69) is 15.3 Å². The third-order valence-electron chi connectivity index (χ3n) is 6.42. The molecule has 0 bridgehead atoms. The second kappa shape index (κ2) is 12.5. The van der Waals surface area contributed by atoms with Gasteiger partial charge < -0.3 is 19.7 Å². The van der Waals surface area contributed by atoms with Gasteiger partial charge in [-0.05, 0) is 81.5 Å². The minimum atomic E-state index is -3.46. The quantitative estimate of drug-likeness (QED) is 0.364. The maximum absolute atomic E-state index is 13.0. The van der Waals surface area contributed by atoms with E-state index >= 15 is 0 Å². The summed E-state index contributed by atoms with van der Waals surface area (Å²) in [6, 6.07) is 14.3. The monoisotopic (exact) mass is 564 g/mol. The first kappa shape index (κ1) is 29.1. The topological polar surface area (TPSA) is 111 Å². The molecule has 1 aliphatic heterocycles. The lowest BCUT2D eigenvalue weighted by Gasteiger charge is -2.33. The van der Waals surface area contributed by atoms with E-state index in [1.54, 1.807) is 48.7 Å². The van der Waals surface area contributed by atoms with Crippen molar-refractivity contribution in [3.63, 3.8) is 0 Å². The van der Waals surface area contributed by atoms with Crippen LogP contribution in [0.4, 0.5) is 16.4 Å². The van der Waals surface area contributed by atoms with E-state index in [-0.39, 0.29) is 22.7 Å². The highest BCUT2D eigenvalue weighted by Gasteiger charge is 2.29. The molecule has 0 saturated carbocycles. The first-order valence-corrected chi connectivity index (χ1v) is 14.9. The van der Waals surface area contributed by atoms with Crippen LogP contribution in [0.1, 0.15) is 44.7 Å². The van der Waals surface area contributed by atoms with E-state index in [0.717, 1.165) is 16.9 Å². The summed E-state index contributed by atoms with van der Waals surface area (Å²) in [7, 11) is -1.83. The molecule has 0 atom stereocenters. The van der Waals surface area contributed by atoms with Gasteiger partial charge in [0.25, 0.3) is 0 Å². The van der Waals surface area contributed by atoms with Gasteiger partial charge in [0, 0.05) is 36.7 Å². The third-order valence-corrected chi connectivity index (χ3v) is 8.33. The highest BCUT2D eigenvalue weighted by Crippen LogP contribution is 2.25. The zero-order chi connectivity index (χ0) is 28.8. The molecular formula is C30H36N4O5S.